The number of hydrogen-bond acceptors (Lipinski definition) is 2. The molecule has 0 saturated heterocycles. The van der Waals surface area contributed by atoms with Gasteiger partial charge >= 0.3 is 0 Å². The Morgan fingerprint density at radius 2 is 1.78 bits per heavy atom. The third-order valence-corrected chi connectivity index (χ3v) is 6.39. The van der Waals surface area contributed by atoms with Gasteiger partial charge in [-0.05, 0) is 52.2 Å². The molecule has 0 spiro atoms. The number of benzene rings is 1. The van der Waals surface area contributed by atoms with Crippen molar-refractivity contribution in [3.63, 3.8) is 0 Å². The molecule has 1 aromatic rings. The Hall–Kier alpha value is -1.02. The first kappa shape index (κ1) is 20.0. The van der Waals surface area contributed by atoms with Crippen molar-refractivity contribution in [2.45, 2.75) is 71.5 Å². The van der Waals surface area contributed by atoms with Crippen LogP contribution in [-0.4, -0.2) is 11.0 Å². The lowest BCUT2D eigenvalue weighted by molar-refractivity contribution is -0.128. The summed E-state index contributed by atoms with van der Waals surface area (Å²) in [6.07, 6.45) is 3.92. The molecule has 0 amide bonds. The van der Waals surface area contributed by atoms with Gasteiger partial charge in [0.1, 0.15) is 5.78 Å². The van der Waals surface area contributed by atoms with Crippen LogP contribution in [0.15, 0.2) is 29.7 Å². The molecular weight excluding hydrogens is 300 g/mol. The lowest BCUT2D eigenvalue weighted by Crippen LogP contribution is -2.33. The molecule has 128 valence electrons. The van der Waals surface area contributed by atoms with E-state index in [9.17, 15) is 4.79 Å². The highest BCUT2D eigenvalue weighted by Crippen LogP contribution is 2.38. The largest absolute Gasteiger partial charge is 0.298 e. The number of rotatable bonds is 8. The van der Waals surface area contributed by atoms with Crippen LogP contribution in [0.1, 0.15) is 57.2 Å². The smallest absolute Gasteiger partial charge is 0.146 e. The lowest BCUT2D eigenvalue weighted by Gasteiger charge is -2.29. The van der Waals surface area contributed by atoms with Crippen molar-refractivity contribution in [2.75, 3.05) is 0 Å². The number of Topliss-reactive ketones (excluding diaryl/α,β-unsaturated/α-hetero) is 1. The zero-order chi connectivity index (χ0) is 17.8. The van der Waals surface area contributed by atoms with Crippen molar-refractivity contribution >= 4 is 17.5 Å². The average Bonchev–Trinajstić information content (AvgIpc) is 2.48. The lowest BCUT2D eigenvalue weighted by atomic mass is 9.80. The maximum absolute atomic E-state index is 12.8. The molecule has 0 aliphatic heterocycles. The van der Waals surface area contributed by atoms with E-state index in [-0.39, 0.29) is 5.92 Å². The monoisotopic (exact) mass is 332 g/mol. The number of thioether (sulfide) groups is 1. The molecule has 0 radical (unpaired) electrons. The van der Waals surface area contributed by atoms with Crippen molar-refractivity contribution in [3.8, 4) is 0 Å². The minimum Gasteiger partial charge on any atom is -0.298 e. The van der Waals surface area contributed by atoms with Gasteiger partial charge in [-0.25, -0.2) is 0 Å². The third kappa shape index (κ3) is 4.97. The molecular formula is C21H32OS. The Labute approximate surface area is 147 Å². The fourth-order valence-electron chi connectivity index (χ4n) is 3.06. The molecule has 1 nitrogen and oxygen atoms in total. The fourth-order valence-corrected chi connectivity index (χ4v) is 4.53. The third-order valence-electron chi connectivity index (χ3n) is 4.56. The molecule has 1 aromatic carbocycles. The first-order valence-electron chi connectivity index (χ1n) is 8.56. The first-order valence-corrected chi connectivity index (χ1v) is 9.44. The van der Waals surface area contributed by atoms with Crippen LogP contribution in [0.2, 0.25) is 0 Å². The molecule has 23 heavy (non-hydrogen) atoms. The summed E-state index contributed by atoms with van der Waals surface area (Å²) in [6, 6.07) is 4.47. The summed E-state index contributed by atoms with van der Waals surface area (Å²) in [5.41, 5.74) is 3.48. The Balaban J connectivity index is 3.09. The molecule has 0 bridgehead atoms. The van der Waals surface area contributed by atoms with Crippen molar-refractivity contribution in [1.82, 2.24) is 0 Å². The highest BCUT2D eigenvalue weighted by atomic mass is 32.2. The van der Waals surface area contributed by atoms with E-state index in [0.29, 0.717) is 11.0 Å². The molecule has 0 aliphatic rings. The van der Waals surface area contributed by atoms with Gasteiger partial charge in [-0.1, -0.05) is 44.0 Å². The Bertz CT molecular complexity index is 548. The standard InChI is InChI=1S/C21H32OS/c1-9-11-18(17(6)20(22)21(7,8)10-2)23-19-15(4)12-14(3)13-16(19)5/h10,12-13,17-18H,2,9,11H2,1,3-8H3/t17-,18-/m1/s1. The van der Waals surface area contributed by atoms with Crippen LogP contribution in [0.3, 0.4) is 0 Å². The second kappa shape index (κ2) is 8.19. The Morgan fingerprint density at radius 1 is 1.26 bits per heavy atom. The van der Waals surface area contributed by atoms with E-state index in [1.807, 2.05) is 25.6 Å². The average molecular weight is 333 g/mol. The van der Waals surface area contributed by atoms with E-state index in [0.717, 1.165) is 12.8 Å². The van der Waals surface area contributed by atoms with Crippen molar-refractivity contribution in [1.29, 1.82) is 0 Å². The number of allylic oxidation sites excluding steroid dienone is 1. The first-order chi connectivity index (χ1) is 10.6. The summed E-state index contributed by atoms with van der Waals surface area (Å²) in [6.45, 7) is 18.5. The number of carbonyl (C=O) groups is 1. The summed E-state index contributed by atoms with van der Waals surface area (Å²) >= 11 is 1.88. The zero-order valence-corrected chi connectivity index (χ0v) is 16.6. The van der Waals surface area contributed by atoms with Gasteiger partial charge in [0.15, 0.2) is 0 Å². The number of ketones is 1. The zero-order valence-electron chi connectivity index (χ0n) is 15.8. The summed E-state index contributed by atoms with van der Waals surface area (Å²) in [5, 5.41) is 0.312. The summed E-state index contributed by atoms with van der Waals surface area (Å²) < 4.78 is 0. The van der Waals surface area contributed by atoms with Crippen molar-refractivity contribution < 1.29 is 4.79 Å². The second-order valence-electron chi connectivity index (χ2n) is 7.25. The van der Waals surface area contributed by atoms with Gasteiger partial charge in [-0.15, -0.1) is 18.3 Å². The van der Waals surface area contributed by atoms with Crippen LogP contribution in [0, 0.1) is 32.1 Å². The van der Waals surface area contributed by atoms with Gasteiger partial charge in [-0.2, -0.15) is 0 Å². The number of hydrogen-bond donors (Lipinski definition) is 0. The van der Waals surface area contributed by atoms with Gasteiger partial charge < -0.3 is 0 Å². The van der Waals surface area contributed by atoms with Crippen LogP contribution < -0.4 is 0 Å². The Kier molecular flexibility index (Phi) is 7.13. The van der Waals surface area contributed by atoms with Crippen LogP contribution >= 0.6 is 11.8 Å². The molecule has 0 heterocycles. The predicted octanol–water partition coefficient (Wildman–Crippen LogP) is 6.29. The van der Waals surface area contributed by atoms with E-state index in [4.69, 9.17) is 0 Å². The predicted molar refractivity (Wildman–Crippen MR) is 103 cm³/mol. The van der Waals surface area contributed by atoms with Gasteiger partial charge in [0.05, 0.1) is 0 Å². The highest BCUT2D eigenvalue weighted by Gasteiger charge is 2.33. The molecule has 0 aromatic heterocycles. The van der Waals surface area contributed by atoms with Gasteiger partial charge in [0.25, 0.3) is 0 Å². The van der Waals surface area contributed by atoms with Crippen molar-refractivity contribution in [3.05, 3.63) is 41.5 Å². The summed E-state index contributed by atoms with van der Waals surface area (Å²) in [4.78, 5) is 14.2. The maximum Gasteiger partial charge on any atom is 0.146 e. The minimum atomic E-state index is -0.455. The molecule has 0 N–H and O–H groups in total. The van der Waals surface area contributed by atoms with Crippen LogP contribution in [0.4, 0.5) is 0 Å². The van der Waals surface area contributed by atoms with Crippen molar-refractivity contribution in [2.24, 2.45) is 11.3 Å². The highest BCUT2D eigenvalue weighted by molar-refractivity contribution is 8.00. The van der Waals surface area contributed by atoms with E-state index in [1.54, 1.807) is 6.08 Å². The SMILES string of the molecule is C=CC(C)(C)C(=O)[C@H](C)[C@@H](CCC)Sc1c(C)cc(C)cc1C. The fraction of sp³-hybridized carbons (Fsp3) is 0.571. The molecule has 0 aliphatic carbocycles. The Morgan fingerprint density at radius 3 is 2.22 bits per heavy atom. The van der Waals surface area contributed by atoms with E-state index < -0.39 is 5.41 Å². The minimum absolute atomic E-state index is 0.0213. The molecule has 0 fully saturated rings. The molecule has 1 rings (SSSR count). The normalized spacial score (nSPS) is 14.4. The maximum atomic E-state index is 12.8. The number of aryl methyl sites for hydroxylation is 3. The molecule has 2 atom stereocenters. The number of carbonyl (C=O) groups excluding carboxylic acids is 1. The van der Waals surface area contributed by atoms with Gasteiger partial charge in [-0.3, -0.25) is 4.79 Å². The second-order valence-corrected chi connectivity index (χ2v) is 8.50. The van der Waals surface area contributed by atoms with E-state index in [1.165, 1.54) is 21.6 Å². The van der Waals surface area contributed by atoms with E-state index in [2.05, 4.69) is 53.3 Å². The molecule has 2 heteroatoms. The van der Waals surface area contributed by atoms with Crippen LogP contribution in [0.25, 0.3) is 0 Å². The van der Waals surface area contributed by atoms with E-state index >= 15 is 0 Å². The quantitative estimate of drug-likeness (QED) is 0.411. The van der Waals surface area contributed by atoms with Crippen LogP contribution in [0.5, 0.6) is 0 Å². The molecule has 0 unspecified atom stereocenters. The van der Waals surface area contributed by atoms with Crippen LogP contribution in [-0.2, 0) is 4.79 Å². The molecule has 0 saturated carbocycles. The van der Waals surface area contributed by atoms with Gasteiger partial charge in [0.2, 0.25) is 0 Å². The topological polar surface area (TPSA) is 17.1 Å². The summed E-state index contributed by atoms with van der Waals surface area (Å²) in [5.74, 6) is 0.314. The summed E-state index contributed by atoms with van der Waals surface area (Å²) in [7, 11) is 0. The van der Waals surface area contributed by atoms with Gasteiger partial charge in [0, 0.05) is 21.5 Å².